The molecule has 5 nitrogen and oxygen atoms in total. The third kappa shape index (κ3) is 3.20. The summed E-state index contributed by atoms with van der Waals surface area (Å²) in [5.74, 6) is 0.284. The quantitative estimate of drug-likeness (QED) is 0.491. The highest BCUT2D eigenvalue weighted by Gasteiger charge is 2.39. The lowest BCUT2D eigenvalue weighted by molar-refractivity contribution is -0.155. The highest BCUT2D eigenvalue weighted by molar-refractivity contribution is 5.82. The molecule has 0 saturated heterocycles. The molecular weight excluding hydrogens is 308 g/mol. The molecule has 1 aromatic carbocycles. The average Bonchev–Trinajstić information content (AvgIpc) is 2.51. The van der Waals surface area contributed by atoms with Crippen molar-refractivity contribution in [2.45, 2.75) is 45.3 Å². The molecule has 0 amide bonds. The molecule has 126 valence electrons. The zero-order valence-electron chi connectivity index (χ0n) is 14.0. The molecule has 1 atom stereocenters. The number of ether oxygens (including phenoxy) is 2. The molecule has 1 aliphatic heterocycles. The van der Waals surface area contributed by atoms with E-state index in [0.717, 1.165) is 17.4 Å². The Morgan fingerprint density at radius 1 is 1.38 bits per heavy atom. The number of esters is 1. The summed E-state index contributed by atoms with van der Waals surface area (Å²) in [6.07, 6.45) is 4.14. The van der Waals surface area contributed by atoms with Crippen molar-refractivity contribution < 1.29 is 18.7 Å². The number of hydrogen-bond donors (Lipinski definition) is 0. The second-order valence-electron chi connectivity index (χ2n) is 6.40. The maximum absolute atomic E-state index is 11.9. The summed E-state index contributed by atoms with van der Waals surface area (Å²) >= 11 is 0. The van der Waals surface area contributed by atoms with E-state index in [0.29, 0.717) is 17.8 Å². The lowest BCUT2D eigenvalue weighted by atomic mass is 9.90. The molecule has 3 rings (SSSR count). The molecule has 1 aliphatic rings. The van der Waals surface area contributed by atoms with Crippen LogP contribution in [0, 0.1) is 0 Å². The van der Waals surface area contributed by atoms with Crippen molar-refractivity contribution in [1.82, 2.24) is 0 Å². The van der Waals surface area contributed by atoms with E-state index in [1.54, 1.807) is 18.2 Å². The summed E-state index contributed by atoms with van der Waals surface area (Å²) in [5.41, 5.74) is 0.337. The van der Waals surface area contributed by atoms with E-state index in [2.05, 4.69) is 0 Å². The minimum atomic E-state index is -0.675. The van der Waals surface area contributed by atoms with Crippen molar-refractivity contribution in [1.29, 1.82) is 0 Å². The topological polar surface area (TPSA) is 65.7 Å². The second kappa shape index (κ2) is 6.15. The molecule has 0 N–H and O–H groups in total. The predicted octanol–water partition coefficient (Wildman–Crippen LogP) is 3.38. The van der Waals surface area contributed by atoms with E-state index in [9.17, 15) is 9.59 Å². The lowest BCUT2D eigenvalue weighted by Crippen LogP contribution is -2.48. The number of carbonyl (C=O) groups is 1. The fourth-order valence-electron chi connectivity index (χ4n) is 2.77. The fourth-order valence-corrected chi connectivity index (χ4v) is 2.77. The second-order valence-corrected chi connectivity index (χ2v) is 6.40. The molecule has 2 aromatic rings. The first-order chi connectivity index (χ1) is 11.4. The Morgan fingerprint density at radius 2 is 2.17 bits per heavy atom. The lowest BCUT2D eigenvalue weighted by Gasteiger charge is -2.39. The van der Waals surface area contributed by atoms with Crippen LogP contribution in [0.15, 0.2) is 45.6 Å². The van der Waals surface area contributed by atoms with Crippen molar-refractivity contribution in [2.75, 3.05) is 0 Å². The van der Waals surface area contributed by atoms with Gasteiger partial charge in [0.15, 0.2) is 0 Å². The first kappa shape index (κ1) is 16.3. The number of benzene rings is 1. The van der Waals surface area contributed by atoms with Crippen LogP contribution in [-0.4, -0.2) is 17.7 Å². The highest BCUT2D eigenvalue weighted by atomic mass is 16.6. The zero-order chi connectivity index (χ0) is 17.3. The Labute approximate surface area is 139 Å². The van der Waals surface area contributed by atoms with Gasteiger partial charge in [-0.1, -0.05) is 13.0 Å². The number of allylic oxidation sites excluding steroid dienone is 1. The molecular formula is C19H20O5. The molecule has 1 aromatic heterocycles. The Kier molecular flexibility index (Phi) is 4.18. The molecule has 0 spiro atoms. The Balaban J connectivity index is 1.93. The largest absolute Gasteiger partial charge is 0.484 e. The van der Waals surface area contributed by atoms with E-state index >= 15 is 0 Å². The van der Waals surface area contributed by atoms with Crippen molar-refractivity contribution in [3.05, 3.63) is 52.4 Å². The maximum Gasteiger partial charge on any atom is 0.336 e. The smallest absolute Gasteiger partial charge is 0.336 e. The molecule has 1 unspecified atom stereocenters. The van der Waals surface area contributed by atoms with Crippen LogP contribution in [0.25, 0.3) is 11.0 Å². The summed E-state index contributed by atoms with van der Waals surface area (Å²) in [7, 11) is 0. The Morgan fingerprint density at radius 3 is 2.92 bits per heavy atom. The van der Waals surface area contributed by atoms with Crippen molar-refractivity contribution >= 4 is 16.9 Å². The van der Waals surface area contributed by atoms with Gasteiger partial charge in [0.05, 0.1) is 0 Å². The van der Waals surface area contributed by atoms with Gasteiger partial charge in [-0.05, 0) is 38.0 Å². The number of hydrogen-bond acceptors (Lipinski definition) is 5. The Bertz CT molecular complexity index is 860. The van der Waals surface area contributed by atoms with Gasteiger partial charge >= 0.3 is 11.6 Å². The van der Waals surface area contributed by atoms with Gasteiger partial charge < -0.3 is 13.9 Å². The van der Waals surface area contributed by atoms with Crippen molar-refractivity contribution in [3.63, 3.8) is 0 Å². The molecule has 0 bridgehead atoms. The van der Waals surface area contributed by atoms with Gasteiger partial charge in [0.25, 0.3) is 0 Å². The summed E-state index contributed by atoms with van der Waals surface area (Å²) in [4.78, 5) is 23.3. The van der Waals surface area contributed by atoms with E-state index < -0.39 is 17.3 Å². The number of carbonyl (C=O) groups excluding carboxylic acids is 1. The molecule has 0 radical (unpaired) electrons. The third-order valence-electron chi connectivity index (χ3n) is 4.10. The van der Waals surface area contributed by atoms with Crippen LogP contribution >= 0.6 is 0 Å². The highest BCUT2D eigenvalue weighted by Crippen LogP contribution is 2.37. The molecule has 0 saturated carbocycles. The number of fused-ring (bicyclic) bond motifs is 2. The van der Waals surface area contributed by atoms with Crippen LogP contribution in [0.4, 0.5) is 0 Å². The zero-order valence-corrected chi connectivity index (χ0v) is 14.0. The fraction of sp³-hybridized carbons (Fsp3) is 0.368. The van der Waals surface area contributed by atoms with E-state index in [-0.39, 0.29) is 5.97 Å². The predicted molar refractivity (Wildman–Crippen MR) is 90.2 cm³/mol. The standard InChI is InChI=1S/C19H20O5/c1-4-5-6-17(20)23-16-10-13-9-12-7-8-18(21)22-14(12)11-15(13)24-19(16,2)3/h5-9,11,16H,4,10H2,1-3H3/b6-5+. The van der Waals surface area contributed by atoms with Crippen LogP contribution in [0.1, 0.15) is 32.8 Å². The molecule has 0 fully saturated rings. The van der Waals surface area contributed by atoms with E-state index in [4.69, 9.17) is 13.9 Å². The van der Waals surface area contributed by atoms with Gasteiger partial charge in [-0.3, -0.25) is 0 Å². The van der Waals surface area contributed by atoms with Gasteiger partial charge in [-0.25, -0.2) is 9.59 Å². The van der Waals surface area contributed by atoms with Crippen molar-refractivity contribution in [3.8, 4) is 5.75 Å². The van der Waals surface area contributed by atoms with Gasteiger partial charge in [0.2, 0.25) is 0 Å². The van der Waals surface area contributed by atoms with Gasteiger partial charge in [0, 0.05) is 30.0 Å². The molecule has 0 aliphatic carbocycles. The molecule has 2 heterocycles. The molecule has 24 heavy (non-hydrogen) atoms. The number of rotatable bonds is 3. The van der Waals surface area contributed by atoms with Crippen LogP contribution in [0.5, 0.6) is 5.75 Å². The monoisotopic (exact) mass is 328 g/mol. The SMILES string of the molecule is CC/C=C/C(=O)OC1Cc2cc3ccc(=O)oc3cc2OC1(C)C. The van der Waals surface area contributed by atoms with E-state index in [1.807, 2.05) is 26.8 Å². The summed E-state index contributed by atoms with van der Waals surface area (Å²) < 4.78 is 16.8. The van der Waals surface area contributed by atoms with Crippen LogP contribution in [0.3, 0.4) is 0 Å². The van der Waals surface area contributed by atoms with E-state index in [1.165, 1.54) is 12.1 Å². The van der Waals surface area contributed by atoms with Gasteiger partial charge in [-0.15, -0.1) is 0 Å². The first-order valence-electron chi connectivity index (χ1n) is 8.02. The van der Waals surface area contributed by atoms with Crippen LogP contribution in [0.2, 0.25) is 0 Å². The minimum absolute atomic E-state index is 0.367. The third-order valence-corrected chi connectivity index (χ3v) is 4.10. The van der Waals surface area contributed by atoms with Crippen LogP contribution < -0.4 is 10.4 Å². The summed E-state index contributed by atoms with van der Waals surface area (Å²) in [6, 6.07) is 6.73. The summed E-state index contributed by atoms with van der Waals surface area (Å²) in [5, 5.41) is 0.813. The Hall–Kier alpha value is -2.56. The minimum Gasteiger partial charge on any atom is -0.484 e. The van der Waals surface area contributed by atoms with Crippen LogP contribution in [-0.2, 0) is 16.0 Å². The average molecular weight is 328 g/mol. The van der Waals surface area contributed by atoms with Gasteiger partial charge in [0.1, 0.15) is 23.0 Å². The van der Waals surface area contributed by atoms with Gasteiger partial charge in [-0.2, -0.15) is 0 Å². The maximum atomic E-state index is 11.9. The normalized spacial score (nSPS) is 19.0. The molecule has 5 heteroatoms. The summed E-state index contributed by atoms with van der Waals surface area (Å²) in [6.45, 7) is 5.71. The first-order valence-corrected chi connectivity index (χ1v) is 8.02. The van der Waals surface area contributed by atoms with Crippen molar-refractivity contribution in [2.24, 2.45) is 0 Å².